The van der Waals surface area contributed by atoms with Gasteiger partial charge in [0.05, 0.1) is 5.92 Å². The summed E-state index contributed by atoms with van der Waals surface area (Å²) in [6.45, 7) is 0. The predicted octanol–water partition coefficient (Wildman–Crippen LogP) is 3.44. The van der Waals surface area contributed by atoms with Gasteiger partial charge in [0.1, 0.15) is 17.6 Å². The zero-order valence-corrected chi connectivity index (χ0v) is 10.9. The Morgan fingerprint density at radius 1 is 1.21 bits per heavy atom. The molecule has 3 rings (SSSR count). The van der Waals surface area contributed by atoms with E-state index in [9.17, 15) is 4.79 Å². The highest BCUT2D eigenvalue weighted by molar-refractivity contribution is 5.85. The molecular formula is C17H18O2. The maximum absolute atomic E-state index is 12.1. The van der Waals surface area contributed by atoms with Crippen molar-refractivity contribution in [1.82, 2.24) is 0 Å². The van der Waals surface area contributed by atoms with E-state index in [0.29, 0.717) is 12.2 Å². The lowest BCUT2D eigenvalue weighted by Crippen LogP contribution is -2.33. The molecule has 2 unspecified atom stereocenters. The van der Waals surface area contributed by atoms with E-state index in [1.807, 2.05) is 36.4 Å². The highest BCUT2D eigenvalue weighted by Crippen LogP contribution is 2.32. The molecule has 1 aromatic rings. The number of carbonyl (C=O) groups is 1. The zero-order chi connectivity index (χ0) is 13.1. The van der Waals surface area contributed by atoms with Crippen molar-refractivity contribution in [2.45, 2.75) is 31.8 Å². The van der Waals surface area contributed by atoms with Crippen LogP contribution in [0.15, 0.2) is 54.3 Å². The summed E-state index contributed by atoms with van der Waals surface area (Å²) in [6.07, 6.45) is 9.25. The first-order valence-electron chi connectivity index (χ1n) is 6.93. The highest BCUT2D eigenvalue weighted by atomic mass is 16.5. The Labute approximate surface area is 113 Å². The van der Waals surface area contributed by atoms with Crippen molar-refractivity contribution in [1.29, 1.82) is 0 Å². The van der Waals surface area contributed by atoms with Crippen LogP contribution in [0.2, 0.25) is 0 Å². The molecular weight excluding hydrogens is 236 g/mol. The molecule has 1 heterocycles. The molecule has 2 heteroatoms. The molecule has 0 amide bonds. The Kier molecular flexibility index (Phi) is 3.49. The van der Waals surface area contributed by atoms with Crippen molar-refractivity contribution in [2.24, 2.45) is 5.92 Å². The summed E-state index contributed by atoms with van der Waals surface area (Å²) < 4.78 is 5.97. The summed E-state index contributed by atoms with van der Waals surface area (Å²) in [5, 5.41) is 0. The Morgan fingerprint density at radius 3 is 2.89 bits per heavy atom. The number of carbonyl (C=O) groups excluding carboxylic acids is 1. The molecule has 1 fully saturated rings. The second-order valence-electron chi connectivity index (χ2n) is 5.22. The molecule has 2 aliphatic rings. The zero-order valence-electron chi connectivity index (χ0n) is 10.9. The fourth-order valence-electron chi connectivity index (χ4n) is 2.76. The third kappa shape index (κ3) is 2.78. The van der Waals surface area contributed by atoms with Gasteiger partial charge in [0.25, 0.3) is 0 Å². The van der Waals surface area contributed by atoms with Gasteiger partial charge >= 0.3 is 0 Å². The standard InChI is InChI=1S/C17H18O2/c18-16-12-14(11-10-13-6-2-1-3-7-13)19-17-9-5-4-8-15(16)17/h1-7,9,14-15H,8,10-12H2. The summed E-state index contributed by atoms with van der Waals surface area (Å²) in [4.78, 5) is 12.1. The molecule has 1 saturated heterocycles. The monoisotopic (exact) mass is 254 g/mol. The average Bonchev–Trinajstić information content (AvgIpc) is 2.46. The summed E-state index contributed by atoms with van der Waals surface area (Å²) in [5.74, 6) is 1.19. The summed E-state index contributed by atoms with van der Waals surface area (Å²) >= 11 is 0. The van der Waals surface area contributed by atoms with E-state index in [-0.39, 0.29) is 12.0 Å². The lowest BCUT2D eigenvalue weighted by atomic mass is 9.87. The Bertz CT molecular complexity index is 513. The summed E-state index contributed by atoms with van der Waals surface area (Å²) in [5.41, 5.74) is 1.30. The van der Waals surface area contributed by atoms with Crippen LogP contribution in [0.5, 0.6) is 0 Å². The summed E-state index contributed by atoms with van der Waals surface area (Å²) in [7, 11) is 0. The average molecular weight is 254 g/mol. The number of benzene rings is 1. The number of hydrogen-bond donors (Lipinski definition) is 0. The number of ketones is 1. The van der Waals surface area contributed by atoms with Gasteiger partial charge in [-0.05, 0) is 30.9 Å². The number of rotatable bonds is 3. The Balaban J connectivity index is 1.62. The van der Waals surface area contributed by atoms with Gasteiger partial charge in [0.15, 0.2) is 0 Å². The van der Waals surface area contributed by atoms with E-state index in [1.165, 1.54) is 5.56 Å². The van der Waals surface area contributed by atoms with Crippen LogP contribution in [0.3, 0.4) is 0 Å². The minimum atomic E-state index is -0.0158. The third-order valence-corrected chi connectivity index (χ3v) is 3.83. The Hall–Kier alpha value is -1.83. The van der Waals surface area contributed by atoms with E-state index in [4.69, 9.17) is 4.74 Å². The van der Waals surface area contributed by atoms with Crippen LogP contribution in [0.25, 0.3) is 0 Å². The van der Waals surface area contributed by atoms with E-state index >= 15 is 0 Å². The van der Waals surface area contributed by atoms with Crippen LogP contribution in [-0.2, 0) is 16.0 Å². The number of Topliss-reactive ketones (excluding diaryl/α,β-unsaturated/α-hetero) is 1. The molecule has 0 saturated carbocycles. The van der Waals surface area contributed by atoms with Crippen molar-refractivity contribution in [3.05, 3.63) is 59.9 Å². The molecule has 2 nitrogen and oxygen atoms in total. The fraction of sp³-hybridized carbons (Fsp3) is 0.353. The van der Waals surface area contributed by atoms with E-state index < -0.39 is 0 Å². The van der Waals surface area contributed by atoms with Gasteiger partial charge in [-0.25, -0.2) is 0 Å². The van der Waals surface area contributed by atoms with Crippen LogP contribution in [-0.4, -0.2) is 11.9 Å². The SMILES string of the molecule is O=C1CC(CCc2ccccc2)OC2=CC=CCC12. The first-order valence-corrected chi connectivity index (χ1v) is 6.93. The largest absolute Gasteiger partial charge is 0.494 e. The van der Waals surface area contributed by atoms with Crippen LogP contribution in [0, 0.1) is 5.92 Å². The minimum Gasteiger partial charge on any atom is -0.494 e. The number of allylic oxidation sites excluding steroid dienone is 4. The van der Waals surface area contributed by atoms with Gasteiger partial charge in [0.2, 0.25) is 0 Å². The second kappa shape index (κ2) is 5.43. The fourth-order valence-corrected chi connectivity index (χ4v) is 2.76. The maximum Gasteiger partial charge on any atom is 0.147 e. The van der Waals surface area contributed by atoms with Crippen molar-refractivity contribution < 1.29 is 9.53 Å². The number of aryl methyl sites for hydroxylation is 1. The molecule has 1 aromatic carbocycles. The third-order valence-electron chi connectivity index (χ3n) is 3.83. The van der Waals surface area contributed by atoms with Gasteiger partial charge in [-0.1, -0.05) is 42.5 Å². The number of hydrogen-bond acceptors (Lipinski definition) is 2. The van der Waals surface area contributed by atoms with Gasteiger partial charge in [-0.2, -0.15) is 0 Å². The minimum absolute atomic E-state index is 0.0158. The number of ether oxygens (including phenoxy) is 1. The molecule has 19 heavy (non-hydrogen) atoms. The molecule has 98 valence electrons. The van der Waals surface area contributed by atoms with Crippen molar-refractivity contribution >= 4 is 5.78 Å². The smallest absolute Gasteiger partial charge is 0.147 e. The molecule has 1 aliphatic carbocycles. The lowest BCUT2D eigenvalue weighted by Gasteiger charge is -2.32. The van der Waals surface area contributed by atoms with E-state index in [1.54, 1.807) is 0 Å². The van der Waals surface area contributed by atoms with Gasteiger partial charge < -0.3 is 4.74 Å². The topological polar surface area (TPSA) is 26.3 Å². The van der Waals surface area contributed by atoms with Gasteiger partial charge in [0, 0.05) is 6.42 Å². The van der Waals surface area contributed by atoms with E-state index in [2.05, 4.69) is 12.1 Å². The van der Waals surface area contributed by atoms with E-state index in [0.717, 1.165) is 25.0 Å². The maximum atomic E-state index is 12.1. The van der Waals surface area contributed by atoms with Gasteiger partial charge in [-0.3, -0.25) is 4.79 Å². The van der Waals surface area contributed by atoms with Crippen molar-refractivity contribution in [3.63, 3.8) is 0 Å². The van der Waals surface area contributed by atoms with Crippen LogP contribution in [0.1, 0.15) is 24.8 Å². The summed E-state index contributed by atoms with van der Waals surface area (Å²) in [6, 6.07) is 10.4. The molecule has 0 spiro atoms. The molecule has 2 atom stereocenters. The predicted molar refractivity (Wildman–Crippen MR) is 74.6 cm³/mol. The van der Waals surface area contributed by atoms with Crippen LogP contribution in [0.4, 0.5) is 0 Å². The first-order chi connectivity index (χ1) is 9.33. The quantitative estimate of drug-likeness (QED) is 0.826. The first kappa shape index (κ1) is 12.2. The second-order valence-corrected chi connectivity index (χ2v) is 5.22. The van der Waals surface area contributed by atoms with Crippen LogP contribution < -0.4 is 0 Å². The highest BCUT2D eigenvalue weighted by Gasteiger charge is 2.33. The Morgan fingerprint density at radius 2 is 2.05 bits per heavy atom. The molecule has 1 aliphatic heterocycles. The van der Waals surface area contributed by atoms with Crippen LogP contribution >= 0.6 is 0 Å². The van der Waals surface area contributed by atoms with Gasteiger partial charge in [-0.15, -0.1) is 0 Å². The van der Waals surface area contributed by atoms with Crippen molar-refractivity contribution in [3.8, 4) is 0 Å². The molecule has 0 radical (unpaired) electrons. The molecule has 0 bridgehead atoms. The van der Waals surface area contributed by atoms with Crippen molar-refractivity contribution in [2.75, 3.05) is 0 Å². The number of fused-ring (bicyclic) bond motifs is 1. The normalized spacial score (nSPS) is 25.5. The molecule has 0 N–H and O–H groups in total. The lowest BCUT2D eigenvalue weighted by molar-refractivity contribution is -0.130. The molecule has 0 aromatic heterocycles.